The number of nitrogens with one attached hydrogen (secondary N) is 2. The number of aromatic nitrogens is 4. The normalized spacial score (nSPS) is 13.7. The van der Waals surface area contributed by atoms with Gasteiger partial charge in [-0.1, -0.05) is 29.3 Å². The van der Waals surface area contributed by atoms with Gasteiger partial charge < -0.3 is 19.6 Å². The minimum atomic E-state index is -0.292. The van der Waals surface area contributed by atoms with E-state index in [1.54, 1.807) is 35.9 Å². The highest BCUT2D eigenvalue weighted by Gasteiger charge is 2.19. The van der Waals surface area contributed by atoms with E-state index in [1.807, 2.05) is 6.07 Å². The number of aromatic amines is 1. The van der Waals surface area contributed by atoms with E-state index in [0.29, 0.717) is 68.5 Å². The molecule has 146 valence electrons. The molecule has 0 unspecified atom stereocenters. The van der Waals surface area contributed by atoms with Gasteiger partial charge in [-0.05, 0) is 24.3 Å². The van der Waals surface area contributed by atoms with E-state index in [2.05, 4.69) is 25.3 Å². The zero-order chi connectivity index (χ0) is 20.1. The van der Waals surface area contributed by atoms with Crippen LogP contribution in [0.25, 0.3) is 21.9 Å². The van der Waals surface area contributed by atoms with Crippen molar-refractivity contribution < 1.29 is 4.74 Å². The maximum Gasteiger partial charge on any atom is 0.261 e. The van der Waals surface area contributed by atoms with Crippen molar-refractivity contribution in [3.8, 4) is 0 Å². The van der Waals surface area contributed by atoms with Gasteiger partial charge in [-0.15, -0.1) is 0 Å². The van der Waals surface area contributed by atoms with Gasteiger partial charge in [0.25, 0.3) is 11.5 Å². The molecule has 10 heteroatoms. The fourth-order valence-electron chi connectivity index (χ4n) is 3.35. The third-order valence-corrected chi connectivity index (χ3v) is 5.32. The minimum Gasteiger partial charge on any atom is -0.473 e. The molecule has 0 spiro atoms. The number of rotatable bonds is 3. The number of para-hydroxylation sites is 1. The molecule has 0 atom stereocenters. The monoisotopic (exact) mass is 428 g/mol. The molecule has 3 heterocycles. The molecular weight excluding hydrogens is 415 g/mol. The summed E-state index contributed by atoms with van der Waals surface area (Å²) >= 11 is 12.5. The number of nitrogens with zero attached hydrogens (tertiary/aromatic N) is 4. The number of benzene rings is 2. The van der Waals surface area contributed by atoms with Crippen molar-refractivity contribution in [2.45, 2.75) is 0 Å². The molecular formula is C19H14Cl2N6O2. The Morgan fingerprint density at radius 1 is 1.14 bits per heavy atom. The molecule has 5 rings (SSSR count). The predicted octanol–water partition coefficient (Wildman–Crippen LogP) is 3.64. The number of imidazole rings is 1. The Bertz CT molecular complexity index is 1350. The molecule has 0 saturated carbocycles. The van der Waals surface area contributed by atoms with E-state index in [-0.39, 0.29) is 5.56 Å². The Labute approximate surface area is 174 Å². The Morgan fingerprint density at radius 2 is 1.90 bits per heavy atom. The average Bonchev–Trinajstić information content (AvgIpc) is 3.33. The predicted molar refractivity (Wildman–Crippen MR) is 114 cm³/mol. The quantitative estimate of drug-likeness (QED) is 0.519. The van der Waals surface area contributed by atoms with Gasteiger partial charge in [0, 0.05) is 7.05 Å². The lowest BCUT2D eigenvalue weighted by Crippen LogP contribution is -2.17. The standard InChI is InChI=1S/C19H14Cl2N6O2/c1-27-15-12(24-19(27)25-14-9(20)3-2-4-10(14)21)6-5-11-13(15)17(28)26-16(23-11)18-22-7-8-29-18/h2-6H,7-8H2,1H3,(H,24,25)(H,23,26,28). The van der Waals surface area contributed by atoms with Gasteiger partial charge in [0.05, 0.1) is 44.2 Å². The Hall–Kier alpha value is -3.10. The Kier molecular flexibility index (Phi) is 4.18. The third-order valence-electron chi connectivity index (χ3n) is 4.69. The Morgan fingerprint density at radius 3 is 2.62 bits per heavy atom. The first-order chi connectivity index (χ1) is 14.0. The number of hydrogen-bond donors (Lipinski definition) is 2. The van der Waals surface area contributed by atoms with Crippen LogP contribution >= 0.6 is 23.2 Å². The van der Waals surface area contributed by atoms with Crippen molar-refractivity contribution in [1.29, 1.82) is 0 Å². The molecule has 4 aromatic rings. The van der Waals surface area contributed by atoms with Crippen LogP contribution in [0.4, 0.5) is 11.6 Å². The summed E-state index contributed by atoms with van der Waals surface area (Å²) < 4.78 is 7.19. The first kappa shape index (κ1) is 18.0. The molecule has 1 aliphatic heterocycles. The molecule has 29 heavy (non-hydrogen) atoms. The van der Waals surface area contributed by atoms with E-state index in [4.69, 9.17) is 27.9 Å². The lowest BCUT2D eigenvalue weighted by molar-refractivity contribution is 0.346. The maximum absolute atomic E-state index is 12.9. The first-order valence-corrected chi connectivity index (χ1v) is 9.56. The first-order valence-electron chi connectivity index (χ1n) is 8.81. The lowest BCUT2D eigenvalue weighted by Gasteiger charge is -2.10. The van der Waals surface area contributed by atoms with E-state index in [9.17, 15) is 4.79 Å². The zero-order valence-corrected chi connectivity index (χ0v) is 16.7. The van der Waals surface area contributed by atoms with E-state index < -0.39 is 0 Å². The molecule has 0 bridgehead atoms. The van der Waals surface area contributed by atoms with Gasteiger partial charge in [-0.2, -0.15) is 0 Å². The maximum atomic E-state index is 12.9. The summed E-state index contributed by atoms with van der Waals surface area (Å²) in [5.41, 5.74) is 2.06. The SMILES string of the molecule is Cn1c(Nc2c(Cl)cccc2Cl)nc2ccc3nc(C4=NCCO4)[nH]c(=O)c3c21. The minimum absolute atomic E-state index is 0.292. The van der Waals surface area contributed by atoms with Crippen molar-refractivity contribution in [1.82, 2.24) is 19.5 Å². The second kappa shape index (κ2) is 6.75. The number of fused-ring (bicyclic) bond motifs is 3. The fraction of sp³-hybridized carbons (Fsp3) is 0.158. The molecule has 0 saturated heterocycles. The van der Waals surface area contributed by atoms with Crippen LogP contribution in [0.1, 0.15) is 5.82 Å². The van der Waals surface area contributed by atoms with Crippen LogP contribution in [0.2, 0.25) is 10.0 Å². The summed E-state index contributed by atoms with van der Waals surface area (Å²) in [6.07, 6.45) is 0. The molecule has 0 amide bonds. The van der Waals surface area contributed by atoms with Crippen molar-refractivity contribution in [3.63, 3.8) is 0 Å². The van der Waals surface area contributed by atoms with E-state index in [0.717, 1.165) is 0 Å². The molecule has 2 aromatic heterocycles. The highest BCUT2D eigenvalue weighted by molar-refractivity contribution is 6.39. The lowest BCUT2D eigenvalue weighted by atomic mass is 10.2. The van der Waals surface area contributed by atoms with Gasteiger partial charge in [0.1, 0.15) is 6.61 Å². The molecule has 0 radical (unpaired) electrons. The van der Waals surface area contributed by atoms with E-state index >= 15 is 0 Å². The molecule has 0 fully saturated rings. The molecule has 2 aromatic carbocycles. The highest BCUT2D eigenvalue weighted by Crippen LogP contribution is 2.33. The summed E-state index contributed by atoms with van der Waals surface area (Å²) in [6.45, 7) is 1.04. The number of anilines is 2. The largest absolute Gasteiger partial charge is 0.473 e. The van der Waals surface area contributed by atoms with Crippen molar-refractivity contribution >= 4 is 62.7 Å². The number of H-pyrrole nitrogens is 1. The molecule has 2 N–H and O–H groups in total. The van der Waals surface area contributed by atoms with Crippen LogP contribution in [-0.2, 0) is 11.8 Å². The van der Waals surface area contributed by atoms with Gasteiger partial charge in [0.2, 0.25) is 5.95 Å². The van der Waals surface area contributed by atoms with Crippen LogP contribution in [0, 0.1) is 0 Å². The molecule has 1 aliphatic rings. The topological polar surface area (TPSA) is 97.2 Å². The van der Waals surface area contributed by atoms with Crippen LogP contribution < -0.4 is 10.9 Å². The molecule has 0 aliphatic carbocycles. The summed E-state index contributed by atoms with van der Waals surface area (Å²) in [6, 6.07) is 8.80. The van der Waals surface area contributed by atoms with Crippen LogP contribution in [0.15, 0.2) is 40.1 Å². The second-order valence-electron chi connectivity index (χ2n) is 6.49. The van der Waals surface area contributed by atoms with Crippen molar-refractivity contribution in [2.75, 3.05) is 18.5 Å². The van der Waals surface area contributed by atoms with Crippen molar-refractivity contribution in [3.05, 3.63) is 56.6 Å². The zero-order valence-electron chi connectivity index (χ0n) is 15.2. The smallest absolute Gasteiger partial charge is 0.261 e. The van der Waals surface area contributed by atoms with E-state index in [1.165, 1.54) is 0 Å². The summed E-state index contributed by atoms with van der Waals surface area (Å²) in [5, 5.41) is 4.52. The number of aliphatic imine (C=N–C) groups is 1. The summed E-state index contributed by atoms with van der Waals surface area (Å²) in [4.78, 5) is 29.0. The number of ether oxygens (including phenoxy) is 1. The Balaban J connectivity index is 1.69. The summed E-state index contributed by atoms with van der Waals surface area (Å²) in [7, 11) is 1.80. The average molecular weight is 429 g/mol. The number of aryl methyl sites for hydroxylation is 1. The number of hydrogen-bond acceptors (Lipinski definition) is 6. The fourth-order valence-corrected chi connectivity index (χ4v) is 3.84. The second-order valence-corrected chi connectivity index (χ2v) is 7.31. The van der Waals surface area contributed by atoms with Gasteiger partial charge in [-0.3, -0.25) is 4.79 Å². The van der Waals surface area contributed by atoms with Gasteiger partial charge in [0.15, 0.2) is 5.82 Å². The van der Waals surface area contributed by atoms with Crippen LogP contribution in [0.5, 0.6) is 0 Å². The highest BCUT2D eigenvalue weighted by atomic mass is 35.5. The van der Waals surface area contributed by atoms with Crippen LogP contribution in [-0.4, -0.2) is 38.6 Å². The number of halogens is 2. The van der Waals surface area contributed by atoms with Crippen LogP contribution in [0.3, 0.4) is 0 Å². The van der Waals surface area contributed by atoms with Gasteiger partial charge in [-0.25, -0.2) is 15.0 Å². The summed E-state index contributed by atoms with van der Waals surface area (Å²) in [5.74, 6) is 1.17. The van der Waals surface area contributed by atoms with Crippen molar-refractivity contribution in [2.24, 2.45) is 12.0 Å². The third kappa shape index (κ3) is 2.92. The van der Waals surface area contributed by atoms with Gasteiger partial charge >= 0.3 is 0 Å². The molecule has 8 nitrogen and oxygen atoms in total.